The summed E-state index contributed by atoms with van der Waals surface area (Å²) in [7, 11) is 2.08. The van der Waals surface area contributed by atoms with E-state index < -0.39 is 12.0 Å². The normalized spacial score (nSPS) is 18.9. The van der Waals surface area contributed by atoms with Gasteiger partial charge in [-0.1, -0.05) is 18.2 Å². The number of piperazine rings is 1. The van der Waals surface area contributed by atoms with E-state index in [0.29, 0.717) is 0 Å². The maximum Gasteiger partial charge on any atom is 0.326 e. The van der Waals surface area contributed by atoms with E-state index >= 15 is 0 Å². The summed E-state index contributed by atoms with van der Waals surface area (Å²) in [6.45, 7) is 3.52. The Morgan fingerprint density at radius 2 is 2.00 bits per heavy atom. The van der Waals surface area contributed by atoms with Crippen LogP contribution in [0.1, 0.15) is 11.6 Å². The number of aromatic nitrogens is 1. The molecular weight excluding hydrogens is 268 g/mol. The van der Waals surface area contributed by atoms with Crippen LogP contribution in [-0.4, -0.2) is 59.2 Å². The Labute approximate surface area is 123 Å². The molecule has 0 amide bonds. The third kappa shape index (κ3) is 2.92. The van der Waals surface area contributed by atoms with Crippen LogP contribution in [0.5, 0.6) is 0 Å². The van der Waals surface area contributed by atoms with E-state index in [1.807, 2.05) is 29.3 Å². The number of likely N-dealkylation sites (N-methyl/N-ethyl adjacent to an activating group) is 1. The Morgan fingerprint density at radius 3 is 2.71 bits per heavy atom. The number of carboxylic acids is 1. The van der Waals surface area contributed by atoms with E-state index in [4.69, 9.17) is 0 Å². The molecule has 1 aromatic carbocycles. The van der Waals surface area contributed by atoms with E-state index in [9.17, 15) is 9.90 Å². The molecule has 112 valence electrons. The number of H-pyrrole nitrogens is 1. The van der Waals surface area contributed by atoms with E-state index in [1.165, 1.54) is 0 Å². The maximum absolute atomic E-state index is 11.7. The van der Waals surface area contributed by atoms with Crippen LogP contribution < -0.4 is 5.43 Å². The number of nitrogens with zero attached hydrogens (tertiary/aromatic N) is 2. The fraction of sp³-hybridized carbons (Fsp3) is 0.400. The second-order valence-corrected chi connectivity index (χ2v) is 5.48. The van der Waals surface area contributed by atoms with Crippen LogP contribution in [0.25, 0.3) is 10.9 Å². The van der Waals surface area contributed by atoms with Crippen molar-refractivity contribution in [3.05, 3.63) is 36.0 Å². The fourth-order valence-corrected chi connectivity index (χ4v) is 2.71. The molecule has 1 aliphatic rings. The Balaban J connectivity index is 1.83. The van der Waals surface area contributed by atoms with Gasteiger partial charge in [0.2, 0.25) is 0 Å². The first-order valence-electron chi connectivity index (χ1n) is 7.13. The van der Waals surface area contributed by atoms with Crippen molar-refractivity contribution >= 4 is 16.9 Å². The summed E-state index contributed by atoms with van der Waals surface area (Å²) in [5, 5.41) is 12.5. The molecule has 0 spiro atoms. The van der Waals surface area contributed by atoms with Crippen molar-refractivity contribution in [2.45, 2.75) is 6.04 Å². The van der Waals surface area contributed by atoms with Gasteiger partial charge in [0.1, 0.15) is 6.04 Å². The van der Waals surface area contributed by atoms with Gasteiger partial charge >= 0.3 is 5.97 Å². The molecule has 0 saturated carbocycles. The second-order valence-electron chi connectivity index (χ2n) is 5.48. The number of nitrogens with one attached hydrogen (secondary N) is 2. The van der Waals surface area contributed by atoms with Crippen molar-refractivity contribution in [2.24, 2.45) is 0 Å². The highest BCUT2D eigenvalue weighted by atomic mass is 16.4. The molecule has 2 aromatic rings. The molecule has 6 nitrogen and oxygen atoms in total. The number of para-hydroxylation sites is 1. The summed E-state index contributed by atoms with van der Waals surface area (Å²) in [6.07, 6.45) is 1.78. The standard InChI is InChI=1S/C15H20N4O2/c1-18-6-8-19(9-7-18)17-14(15(20)21)12-10-16-13-5-3-2-4-11(12)13/h2-5,10,14,16-17H,6-9H2,1H3,(H,20,21). The van der Waals surface area contributed by atoms with Crippen LogP contribution >= 0.6 is 0 Å². The van der Waals surface area contributed by atoms with Gasteiger partial charge in [0, 0.05) is 48.8 Å². The third-order valence-electron chi connectivity index (χ3n) is 3.99. The predicted molar refractivity (Wildman–Crippen MR) is 80.9 cm³/mol. The van der Waals surface area contributed by atoms with E-state index in [2.05, 4.69) is 22.4 Å². The van der Waals surface area contributed by atoms with Crippen LogP contribution in [0.3, 0.4) is 0 Å². The Morgan fingerprint density at radius 1 is 1.29 bits per heavy atom. The van der Waals surface area contributed by atoms with Gasteiger partial charge in [-0.3, -0.25) is 4.79 Å². The number of benzene rings is 1. The molecular formula is C15H20N4O2. The minimum absolute atomic E-state index is 0.732. The Bertz CT molecular complexity index is 631. The summed E-state index contributed by atoms with van der Waals surface area (Å²) in [5.74, 6) is -0.862. The van der Waals surface area contributed by atoms with Gasteiger partial charge in [-0.05, 0) is 13.1 Å². The Hall–Kier alpha value is -1.89. The number of carboxylic acid groups (broad SMARTS) is 1. The number of hydrogen-bond acceptors (Lipinski definition) is 4. The molecule has 1 saturated heterocycles. The largest absolute Gasteiger partial charge is 0.480 e. The fourth-order valence-electron chi connectivity index (χ4n) is 2.71. The number of hydrogen-bond donors (Lipinski definition) is 3. The van der Waals surface area contributed by atoms with Crippen LogP contribution in [0, 0.1) is 0 Å². The molecule has 1 unspecified atom stereocenters. The molecule has 6 heteroatoms. The van der Waals surface area contributed by atoms with Crippen molar-refractivity contribution in [3.63, 3.8) is 0 Å². The second kappa shape index (κ2) is 5.85. The van der Waals surface area contributed by atoms with Crippen LogP contribution in [-0.2, 0) is 4.79 Å². The number of carbonyl (C=O) groups is 1. The maximum atomic E-state index is 11.7. The van der Waals surface area contributed by atoms with Gasteiger partial charge in [-0.25, -0.2) is 10.4 Å². The SMILES string of the molecule is CN1CCN(NC(C(=O)O)c2c[nH]c3ccccc23)CC1. The van der Waals surface area contributed by atoms with E-state index in [-0.39, 0.29) is 0 Å². The lowest BCUT2D eigenvalue weighted by Gasteiger charge is -2.34. The summed E-state index contributed by atoms with van der Waals surface area (Å²) in [6, 6.07) is 7.03. The molecule has 0 radical (unpaired) electrons. The molecule has 2 heterocycles. The number of aliphatic carboxylic acids is 1. The summed E-state index contributed by atoms with van der Waals surface area (Å²) in [4.78, 5) is 17.0. The zero-order valence-electron chi connectivity index (χ0n) is 12.0. The molecule has 1 aliphatic heterocycles. The lowest BCUT2D eigenvalue weighted by molar-refractivity contribution is -0.141. The summed E-state index contributed by atoms with van der Waals surface area (Å²) >= 11 is 0. The van der Waals surface area contributed by atoms with Crippen molar-refractivity contribution in [1.82, 2.24) is 20.3 Å². The molecule has 1 fully saturated rings. The highest BCUT2D eigenvalue weighted by Gasteiger charge is 2.26. The molecule has 3 N–H and O–H groups in total. The lowest BCUT2D eigenvalue weighted by atomic mass is 10.1. The zero-order valence-corrected chi connectivity index (χ0v) is 12.0. The number of aromatic amines is 1. The predicted octanol–water partition coefficient (Wildman–Crippen LogP) is 1.05. The molecule has 0 bridgehead atoms. The first-order chi connectivity index (χ1) is 10.1. The first-order valence-corrected chi connectivity index (χ1v) is 7.13. The zero-order chi connectivity index (χ0) is 14.8. The monoisotopic (exact) mass is 288 g/mol. The first kappa shape index (κ1) is 14.1. The van der Waals surface area contributed by atoms with Gasteiger partial charge in [0.05, 0.1) is 0 Å². The van der Waals surface area contributed by atoms with Crippen molar-refractivity contribution in [3.8, 4) is 0 Å². The molecule has 1 aromatic heterocycles. The van der Waals surface area contributed by atoms with Gasteiger partial charge in [0.15, 0.2) is 0 Å². The van der Waals surface area contributed by atoms with Crippen LogP contribution in [0.4, 0.5) is 0 Å². The smallest absolute Gasteiger partial charge is 0.326 e. The van der Waals surface area contributed by atoms with Crippen LogP contribution in [0.2, 0.25) is 0 Å². The molecule has 0 aliphatic carbocycles. The van der Waals surface area contributed by atoms with E-state index in [1.54, 1.807) is 6.20 Å². The summed E-state index contributed by atoms with van der Waals surface area (Å²) in [5.41, 5.74) is 4.89. The van der Waals surface area contributed by atoms with Gasteiger partial charge in [0.25, 0.3) is 0 Å². The quantitative estimate of drug-likeness (QED) is 0.784. The number of hydrazine groups is 1. The number of rotatable bonds is 4. The average molecular weight is 288 g/mol. The highest BCUT2D eigenvalue weighted by Crippen LogP contribution is 2.24. The molecule has 3 rings (SSSR count). The van der Waals surface area contributed by atoms with Crippen LogP contribution in [0.15, 0.2) is 30.5 Å². The third-order valence-corrected chi connectivity index (χ3v) is 3.99. The minimum Gasteiger partial charge on any atom is -0.480 e. The summed E-state index contributed by atoms with van der Waals surface area (Å²) < 4.78 is 0. The number of fused-ring (bicyclic) bond motifs is 1. The van der Waals surface area contributed by atoms with Gasteiger partial charge in [-0.2, -0.15) is 0 Å². The Kier molecular flexibility index (Phi) is 3.92. The molecule has 21 heavy (non-hydrogen) atoms. The van der Waals surface area contributed by atoms with Gasteiger partial charge < -0.3 is 15.0 Å². The van der Waals surface area contributed by atoms with E-state index in [0.717, 1.165) is 42.6 Å². The van der Waals surface area contributed by atoms with Gasteiger partial charge in [-0.15, -0.1) is 0 Å². The average Bonchev–Trinajstić information content (AvgIpc) is 2.90. The minimum atomic E-state index is -0.862. The van der Waals surface area contributed by atoms with Crippen molar-refractivity contribution in [1.29, 1.82) is 0 Å². The van der Waals surface area contributed by atoms with Crippen molar-refractivity contribution < 1.29 is 9.90 Å². The molecule has 1 atom stereocenters. The lowest BCUT2D eigenvalue weighted by Crippen LogP contribution is -2.52. The highest BCUT2D eigenvalue weighted by molar-refractivity contribution is 5.89. The van der Waals surface area contributed by atoms with Crippen molar-refractivity contribution in [2.75, 3.05) is 33.2 Å². The topological polar surface area (TPSA) is 71.6 Å².